The van der Waals surface area contributed by atoms with Gasteiger partial charge in [-0.05, 0) is 50.5 Å². The summed E-state index contributed by atoms with van der Waals surface area (Å²) in [4.78, 5) is 24.4. The van der Waals surface area contributed by atoms with Crippen molar-refractivity contribution in [1.29, 1.82) is 0 Å². The van der Waals surface area contributed by atoms with Gasteiger partial charge in [-0.25, -0.2) is 4.79 Å². The van der Waals surface area contributed by atoms with Gasteiger partial charge in [0.2, 0.25) is 0 Å². The quantitative estimate of drug-likeness (QED) is 0.590. The van der Waals surface area contributed by atoms with Gasteiger partial charge in [-0.1, -0.05) is 24.4 Å². The Kier molecular flexibility index (Phi) is 8.29. The van der Waals surface area contributed by atoms with E-state index >= 15 is 0 Å². The van der Waals surface area contributed by atoms with E-state index in [4.69, 9.17) is 16.7 Å². The third kappa shape index (κ3) is 7.38. The van der Waals surface area contributed by atoms with Crippen molar-refractivity contribution in [2.24, 2.45) is 5.92 Å². The molecule has 1 aliphatic heterocycles. The number of rotatable bonds is 6. The van der Waals surface area contributed by atoms with Gasteiger partial charge in [0.15, 0.2) is 22.4 Å². The molecule has 2 fully saturated rings. The van der Waals surface area contributed by atoms with E-state index in [2.05, 4.69) is 49.8 Å². The minimum Gasteiger partial charge on any atom is -0.476 e. The highest BCUT2D eigenvalue weighted by atomic mass is 35.5. The third-order valence-corrected chi connectivity index (χ3v) is 5.35. The summed E-state index contributed by atoms with van der Waals surface area (Å²) in [6.07, 6.45) is 3.70. The Morgan fingerprint density at radius 2 is 1.72 bits per heavy atom. The lowest BCUT2D eigenvalue weighted by Crippen LogP contribution is -2.54. The number of carboxylic acid groups (broad SMARTS) is 1. The Labute approximate surface area is 191 Å². The maximum absolute atomic E-state index is 12.0. The summed E-state index contributed by atoms with van der Waals surface area (Å²) >= 11 is 5.35. The smallest absolute Gasteiger partial charge is 0.356 e. The average molecular weight is 462 g/mol. The molecule has 3 N–H and O–H groups in total. The predicted octanol–water partition coefficient (Wildman–Crippen LogP) is 2.02. The van der Waals surface area contributed by atoms with Gasteiger partial charge in [-0.2, -0.15) is 0 Å². The van der Waals surface area contributed by atoms with E-state index in [1.807, 2.05) is 6.07 Å². The van der Waals surface area contributed by atoms with Gasteiger partial charge in [-0.3, -0.25) is 4.79 Å². The molecule has 2 aromatic heterocycles. The summed E-state index contributed by atoms with van der Waals surface area (Å²) in [6.45, 7) is 6.88. The van der Waals surface area contributed by atoms with E-state index in [1.54, 1.807) is 6.07 Å². The molecule has 2 atom stereocenters. The monoisotopic (exact) mass is 461 g/mol. The molecule has 0 aromatic carbocycles. The van der Waals surface area contributed by atoms with Crippen LogP contribution in [0, 0.1) is 5.92 Å². The lowest BCUT2D eigenvalue weighted by Gasteiger charge is -2.36. The average Bonchev–Trinajstić information content (AvgIpc) is 3.58. The van der Waals surface area contributed by atoms with Crippen LogP contribution >= 0.6 is 11.6 Å². The molecule has 2 unspecified atom stereocenters. The van der Waals surface area contributed by atoms with Crippen molar-refractivity contribution >= 4 is 29.3 Å². The number of carbonyl (C=O) groups excluding carboxylic acids is 1. The summed E-state index contributed by atoms with van der Waals surface area (Å²) in [6, 6.07) is 7.18. The zero-order chi connectivity index (χ0) is 23.1. The second-order valence-corrected chi connectivity index (χ2v) is 8.57. The van der Waals surface area contributed by atoms with Crippen molar-refractivity contribution in [3.05, 3.63) is 40.8 Å². The molecule has 10 nitrogen and oxygen atoms in total. The molecule has 32 heavy (non-hydrogen) atoms. The van der Waals surface area contributed by atoms with Crippen LogP contribution in [0.15, 0.2) is 24.3 Å². The van der Waals surface area contributed by atoms with Crippen LogP contribution in [0.1, 0.15) is 54.1 Å². The van der Waals surface area contributed by atoms with Crippen LogP contribution in [0.25, 0.3) is 0 Å². The lowest BCUT2D eigenvalue weighted by atomic mass is 10.1. The van der Waals surface area contributed by atoms with Crippen LogP contribution in [-0.2, 0) is 0 Å². The van der Waals surface area contributed by atoms with E-state index in [0.29, 0.717) is 17.8 Å². The van der Waals surface area contributed by atoms with Gasteiger partial charge in [0, 0.05) is 31.7 Å². The Hall–Kier alpha value is -2.85. The first-order valence-corrected chi connectivity index (χ1v) is 11.0. The van der Waals surface area contributed by atoms with Crippen LogP contribution in [-0.4, -0.2) is 69.1 Å². The van der Waals surface area contributed by atoms with Crippen LogP contribution < -0.4 is 15.5 Å². The maximum Gasteiger partial charge on any atom is 0.356 e. The summed E-state index contributed by atoms with van der Waals surface area (Å²) in [5.74, 6) is 0.436. The van der Waals surface area contributed by atoms with Crippen LogP contribution in [0.4, 0.5) is 5.82 Å². The number of nitrogens with zero attached hydrogens (tertiary/aromatic N) is 5. The van der Waals surface area contributed by atoms with Gasteiger partial charge in [-0.15, -0.1) is 20.4 Å². The molecule has 2 aliphatic rings. The first-order chi connectivity index (χ1) is 15.3. The standard InChI is InChI=1S/C16H25N5O.C5H3ClN2O2/c1-11-9-21(10-12(2)18-11)15-6-5-14(19-20-15)16(22)17-8-7-13-3-4-13;6-4-2-1-3(5(9)10)7-8-4/h5-6,11-13,18H,3-4,7-10H2,1-2H3,(H,17,22);1-2H,(H,9,10). The maximum atomic E-state index is 12.0. The first kappa shape index (κ1) is 23.8. The topological polar surface area (TPSA) is 133 Å². The number of halogens is 1. The SMILES string of the molecule is CC1CN(c2ccc(C(=O)NCCC3CC3)nn2)CC(C)N1.O=C(O)c1ccc(Cl)nn1. The minimum atomic E-state index is -1.11. The summed E-state index contributed by atoms with van der Waals surface area (Å²) in [5.41, 5.74) is 0.292. The number of anilines is 1. The minimum absolute atomic E-state index is 0.107. The van der Waals surface area contributed by atoms with E-state index in [-0.39, 0.29) is 16.8 Å². The van der Waals surface area contributed by atoms with Crippen molar-refractivity contribution in [3.8, 4) is 0 Å². The van der Waals surface area contributed by atoms with Crippen LogP contribution in [0.2, 0.25) is 5.15 Å². The Morgan fingerprint density at radius 3 is 2.25 bits per heavy atom. The predicted molar refractivity (Wildman–Crippen MR) is 120 cm³/mol. The molecule has 4 rings (SSSR count). The third-order valence-electron chi connectivity index (χ3n) is 5.15. The van der Waals surface area contributed by atoms with Crippen LogP contribution in [0.5, 0.6) is 0 Å². The second-order valence-electron chi connectivity index (χ2n) is 8.18. The second kappa shape index (κ2) is 11.1. The Balaban J connectivity index is 0.000000243. The molecular weight excluding hydrogens is 434 g/mol. The zero-order valence-electron chi connectivity index (χ0n) is 18.2. The molecule has 172 valence electrons. The summed E-state index contributed by atoms with van der Waals surface area (Å²) < 4.78 is 0. The lowest BCUT2D eigenvalue weighted by molar-refractivity contribution is 0.0689. The molecule has 1 aliphatic carbocycles. The van der Waals surface area contributed by atoms with Crippen LogP contribution in [0.3, 0.4) is 0 Å². The van der Waals surface area contributed by atoms with Gasteiger partial charge >= 0.3 is 5.97 Å². The number of amides is 1. The number of carboxylic acids is 1. The van der Waals surface area contributed by atoms with Gasteiger partial charge in [0.25, 0.3) is 5.91 Å². The molecule has 11 heteroatoms. The molecule has 2 aromatic rings. The van der Waals surface area contributed by atoms with Crippen molar-refractivity contribution in [2.45, 2.75) is 45.2 Å². The number of nitrogens with one attached hydrogen (secondary N) is 2. The highest BCUT2D eigenvalue weighted by Crippen LogP contribution is 2.31. The van der Waals surface area contributed by atoms with E-state index < -0.39 is 5.97 Å². The van der Waals surface area contributed by atoms with Gasteiger partial charge in [0.1, 0.15) is 0 Å². The zero-order valence-corrected chi connectivity index (χ0v) is 18.9. The molecule has 0 spiro atoms. The van der Waals surface area contributed by atoms with E-state index in [1.165, 1.54) is 25.0 Å². The van der Waals surface area contributed by atoms with Crippen molar-refractivity contribution < 1.29 is 14.7 Å². The molecule has 0 bridgehead atoms. The molecular formula is C21H28ClN7O3. The van der Waals surface area contributed by atoms with Gasteiger partial charge in [0.05, 0.1) is 0 Å². The number of piperazine rings is 1. The normalized spacial score (nSPS) is 20.2. The van der Waals surface area contributed by atoms with Crippen molar-refractivity contribution in [3.63, 3.8) is 0 Å². The molecule has 1 saturated carbocycles. The van der Waals surface area contributed by atoms with Crippen molar-refractivity contribution in [1.82, 2.24) is 31.0 Å². The van der Waals surface area contributed by atoms with Crippen molar-refractivity contribution in [2.75, 3.05) is 24.5 Å². The highest BCUT2D eigenvalue weighted by molar-refractivity contribution is 6.29. The summed E-state index contributed by atoms with van der Waals surface area (Å²) in [7, 11) is 0. The summed E-state index contributed by atoms with van der Waals surface area (Å²) in [5, 5.41) is 29.9. The molecule has 1 amide bonds. The Morgan fingerprint density at radius 1 is 1.06 bits per heavy atom. The number of aromatic carboxylic acids is 1. The molecule has 0 radical (unpaired) electrons. The largest absolute Gasteiger partial charge is 0.476 e. The van der Waals surface area contributed by atoms with Gasteiger partial charge < -0.3 is 20.6 Å². The highest BCUT2D eigenvalue weighted by Gasteiger charge is 2.23. The first-order valence-electron chi connectivity index (χ1n) is 10.7. The fourth-order valence-electron chi connectivity index (χ4n) is 3.45. The number of carbonyl (C=O) groups is 2. The fourth-order valence-corrected chi connectivity index (χ4v) is 3.55. The Bertz CT molecular complexity index is 897. The molecule has 3 heterocycles. The number of hydrogen-bond acceptors (Lipinski definition) is 8. The number of hydrogen-bond donors (Lipinski definition) is 3. The number of aromatic nitrogens is 4. The fraction of sp³-hybridized carbons (Fsp3) is 0.524. The van der Waals surface area contributed by atoms with E-state index in [0.717, 1.165) is 37.8 Å². The molecule has 1 saturated heterocycles. The van der Waals surface area contributed by atoms with E-state index in [9.17, 15) is 9.59 Å².